The van der Waals surface area contributed by atoms with Gasteiger partial charge in [-0.15, -0.1) is 0 Å². The highest BCUT2D eigenvalue weighted by atomic mass is 16.5. The number of rotatable bonds is 5. The van der Waals surface area contributed by atoms with Crippen LogP contribution in [0.5, 0.6) is 11.5 Å². The van der Waals surface area contributed by atoms with Crippen LogP contribution >= 0.6 is 0 Å². The van der Waals surface area contributed by atoms with Crippen molar-refractivity contribution in [3.63, 3.8) is 0 Å². The smallest absolute Gasteiger partial charge is 0.274 e. The van der Waals surface area contributed by atoms with Gasteiger partial charge in [-0.25, -0.2) is 0 Å². The molecule has 2 aromatic heterocycles. The van der Waals surface area contributed by atoms with E-state index in [0.717, 1.165) is 25.2 Å². The second-order valence-electron chi connectivity index (χ2n) is 6.71. The number of hydrogen-bond donors (Lipinski definition) is 0. The first-order valence-electron chi connectivity index (χ1n) is 9.58. The Morgan fingerprint density at radius 3 is 2.75 bits per heavy atom. The summed E-state index contributed by atoms with van der Waals surface area (Å²) < 4.78 is 17.3. The van der Waals surface area contributed by atoms with Crippen LogP contribution < -0.4 is 9.47 Å². The van der Waals surface area contributed by atoms with Crippen LogP contribution in [0.4, 0.5) is 0 Å². The van der Waals surface area contributed by atoms with E-state index in [1.165, 1.54) is 19.3 Å². The van der Waals surface area contributed by atoms with Gasteiger partial charge < -0.3 is 13.9 Å². The van der Waals surface area contributed by atoms with Crippen molar-refractivity contribution in [3.05, 3.63) is 48.1 Å². The Morgan fingerprint density at radius 2 is 1.96 bits per heavy atom. The average molecular weight is 377 g/mol. The van der Waals surface area contributed by atoms with Gasteiger partial charge in [0.15, 0.2) is 11.3 Å². The summed E-state index contributed by atoms with van der Waals surface area (Å²) in [6.07, 6.45) is 7.29. The van der Waals surface area contributed by atoms with Crippen LogP contribution in [0, 0.1) is 11.8 Å². The van der Waals surface area contributed by atoms with Gasteiger partial charge in [0.1, 0.15) is 12.4 Å². The summed E-state index contributed by atoms with van der Waals surface area (Å²) in [6, 6.07) is 7.44. The van der Waals surface area contributed by atoms with Crippen LogP contribution in [0.2, 0.25) is 0 Å². The van der Waals surface area contributed by atoms with E-state index in [9.17, 15) is 0 Å². The minimum absolute atomic E-state index is 0.323. The fourth-order valence-electron chi connectivity index (χ4n) is 3.32. The highest BCUT2D eigenvalue weighted by Gasteiger charge is 2.16. The van der Waals surface area contributed by atoms with Gasteiger partial charge in [0.05, 0.1) is 7.11 Å². The van der Waals surface area contributed by atoms with Gasteiger partial charge in [-0.3, -0.25) is 9.88 Å². The molecule has 1 fully saturated rings. The molecule has 3 aromatic rings. The predicted octanol–water partition coefficient (Wildman–Crippen LogP) is 3.50. The summed E-state index contributed by atoms with van der Waals surface area (Å²) in [5.74, 6) is 7.58. The van der Waals surface area contributed by atoms with Gasteiger partial charge in [-0.05, 0) is 56.1 Å². The normalized spacial score (nSPS) is 14.5. The maximum absolute atomic E-state index is 6.01. The second kappa shape index (κ2) is 8.77. The first kappa shape index (κ1) is 18.3. The number of likely N-dealkylation sites (tertiary alicyclic amines) is 1. The molecule has 1 aliphatic heterocycles. The third kappa shape index (κ3) is 4.26. The molecular weight excluding hydrogens is 354 g/mol. The Labute approximate surface area is 164 Å². The lowest BCUT2D eigenvalue weighted by atomic mass is 10.1. The van der Waals surface area contributed by atoms with E-state index < -0.39 is 0 Å². The van der Waals surface area contributed by atoms with E-state index >= 15 is 0 Å². The number of aromatic nitrogens is 2. The number of hydrogen-bond acceptors (Lipinski definition) is 6. The molecule has 144 valence electrons. The first-order valence-corrected chi connectivity index (χ1v) is 9.58. The lowest BCUT2D eigenvalue weighted by Gasteiger charge is -2.26. The minimum atomic E-state index is 0.323. The van der Waals surface area contributed by atoms with Crippen molar-refractivity contribution < 1.29 is 13.9 Å². The summed E-state index contributed by atoms with van der Waals surface area (Å²) in [7, 11) is 1.61. The summed E-state index contributed by atoms with van der Waals surface area (Å²) in [6.45, 7) is 3.82. The zero-order chi connectivity index (χ0) is 19.2. The molecule has 1 aromatic carbocycles. The van der Waals surface area contributed by atoms with E-state index in [2.05, 4.69) is 26.7 Å². The van der Waals surface area contributed by atoms with E-state index in [-0.39, 0.29) is 0 Å². The largest absolute Gasteiger partial charge is 0.494 e. The predicted molar refractivity (Wildman–Crippen MR) is 107 cm³/mol. The van der Waals surface area contributed by atoms with Crippen molar-refractivity contribution in [2.45, 2.75) is 19.3 Å². The number of ether oxygens (including phenoxy) is 2. The molecule has 0 N–H and O–H groups in total. The van der Waals surface area contributed by atoms with Crippen LogP contribution in [0.1, 0.15) is 30.7 Å². The van der Waals surface area contributed by atoms with Crippen molar-refractivity contribution in [1.82, 2.24) is 14.9 Å². The Bertz CT molecular complexity index is 983. The zero-order valence-corrected chi connectivity index (χ0v) is 16.0. The summed E-state index contributed by atoms with van der Waals surface area (Å²) in [5.41, 5.74) is 1.98. The van der Waals surface area contributed by atoms with E-state index in [1.807, 2.05) is 24.3 Å². The van der Waals surface area contributed by atoms with Crippen LogP contribution in [0.25, 0.3) is 11.1 Å². The first-order chi connectivity index (χ1) is 13.8. The summed E-state index contributed by atoms with van der Waals surface area (Å²) in [4.78, 5) is 11.0. The lowest BCUT2D eigenvalue weighted by Crippen LogP contribution is -2.33. The van der Waals surface area contributed by atoms with Crippen LogP contribution in [0.15, 0.2) is 41.1 Å². The number of fused-ring (bicyclic) bond motifs is 1. The standard InChI is InChI=1S/C22H23N3O3/c1-26-18-8-9-19(27-15-14-25-12-3-2-4-13-25)22-21(18)24-20(28-22)10-7-17-6-5-11-23-16-17/h5-6,8-9,11,16H,2-4,12-15H2,1H3. The molecule has 0 saturated carbocycles. The number of pyridine rings is 1. The van der Waals surface area contributed by atoms with Crippen molar-refractivity contribution in [1.29, 1.82) is 0 Å². The van der Waals surface area contributed by atoms with E-state index in [4.69, 9.17) is 13.9 Å². The third-order valence-corrected chi connectivity index (χ3v) is 4.78. The molecular formula is C22H23N3O3. The van der Waals surface area contributed by atoms with Crippen molar-refractivity contribution in [2.75, 3.05) is 33.4 Å². The second-order valence-corrected chi connectivity index (χ2v) is 6.71. The molecule has 0 unspecified atom stereocenters. The molecule has 28 heavy (non-hydrogen) atoms. The van der Waals surface area contributed by atoms with Crippen molar-refractivity contribution in [2.24, 2.45) is 0 Å². The number of nitrogens with zero attached hydrogens (tertiary/aromatic N) is 3. The number of oxazole rings is 1. The van der Waals surface area contributed by atoms with E-state index in [1.54, 1.807) is 19.5 Å². The molecule has 0 atom stereocenters. The minimum Gasteiger partial charge on any atom is -0.494 e. The van der Waals surface area contributed by atoms with Crippen molar-refractivity contribution >= 4 is 11.1 Å². The maximum Gasteiger partial charge on any atom is 0.274 e. The van der Waals surface area contributed by atoms with Gasteiger partial charge in [-0.1, -0.05) is 12.3 Å². The molecule has 0 radical (unpaired) electrons. The van der Waals surface area contributed by atoms with E-state index in [0.29, 0.717) is 35.1 Å². The molecule has 3 heterocycles. The van der Waals surface area contributed by atoms with Gasteiger partial charge >= 0.3 is 0 Å². The van der Waals surface area contributed by atoms with Gasteiger partial charge in [0, 0.05) is 24.5 Å². The Balaban J connectivity index is 1.53. The molecule has 6 heteroatoms. The van der Waals surface area contributed by atoms with Gasteiger partial charge in [-0.2, -0.15) is 4.98 Å². The zero-order valence-electron chi connectivity index (χ0n) is 16.0. The van der Waals surface area contributed by atoms with Gasteiger partial charge in [0.25, 0.3) is 5.89 Å². The quantitative estimate of drug-likeness (QED) is 0.635. The number of piperidine rings is 1. The highest BCUT2D eigenvalue weighted by Crippen LogP contribution is 2.33. The summed E-state index contributed by atoms with van der Waals surface area (Å²) >= 11 is 0. The van der Waals surface area contributed by atoms with Crippen LogP contribution in [0.3, 0.4) is 0 Å². The SMILES string of the molecule is COc1ccc(OCCN2CCCCC2)c2oc(C#Cc3cccnc3)nc12. The monoisotopic (exact) mass is 377 g/mol. The van der Waals surface area contributed by atoms with Gasteiger partial charge in [0.2, 0.25) is 5.58 Å². The molecule has 1 saturated heterocycles. The fourth-order valence-corrected chi connectivity index (χ4v) is 3.32. The highest BCUT2D eigenvalue weighted by molar-refractivity contribution is 5.85. The third-order valence-electron chi connectivity index (χ3n) is 4.78. The molecule has 0 amide bonds. The summed E-state index contributed by atoms with van der Waals surface area (Å²) in [5, 5.41) is 0. The van der Waals surface area contributed by atoms with Crippen molar-refractivity contribution in [3.8, 4) is 23.3 Å². The Hall–Kier alpha value is -3.04. The molecule has 0 bridgehead atoms. The molecule has 0 spiro atoms. The van der Waals surface area contributed by atoms with Crippen LogP contribution in [-0.4, -0.2) is 48.2 Å². The topological polar surface area (TPSA) is 60.6 Å². The Morgan fingerprint density at radius 1 is 1.11 bits per heavy atom. The molecule has 1 aliphatic rings. The Kier molecular flexibility index (Phi) is 5.74. The number of methoxy groups -OCH3 is 1. The molecule has 4 rings (SSSR count). The maximum atomic E-state index is 6.01. The fraction of sp³-hybridized carbons (Fsp3) is 0.364. The van der Waals surface area contributed by atoms with Crippen LogP contribution in [-0.2, 0) is 0 Å². The lowest BCUT2D eigenvalue weighted by molar-refractivity contribution is 0.183. The number of benzene rings is 1. The molecule has 0 aliphatic carbocycles. The average Bonchev–Trinajstić information content (AvgIpc) is 3.18. The molecule has 6 nitrogen and oxygen atoms in total.